The third-order valence-corrected chi connectivity index (χ3v) is 6.23. The Kier molecular flexibility index (Phi) is 9.50. The summed E-state index contributed by atoms with van der Waals surface area (Å²) in [7, 11) is 1.57. The molecule has 33 heavy (non-hydrogen) atoms. The average Bonchev–Trinajstić information content (AvgIpc) is 3.28. The Hall–Kier alpha value is -2.65. The van der Waals surface area contributed by atoms with E-state index in [2.05, 4.69) is 15.6 Å². The minimum absolute atomic E-state index is 0.144. The molecule has 3 aromatic rings. The van der Waals surface area contributed by atoms with Gasteiger partial charge in [-0.3, -0.25) is 9.59 Å². The number of ether oxygens (including phenoxy) is 1. The summed E-state index contributed by atoms with van der Waals surface area (Å²) in [5, 5.41) is 8.87. The van der Waals surface area contributed by atoms with Crippen molar-refractivity contribution in [3.63, 3.8) is 0 Å². The molecule has 0 spiro atoms. The number of nitrogens with zero attached hydrogens (tertiary/aromatic N) is 2. The van der Waals surface area contributed by atoms with Crippen molar-refractivity contribution < 1.29 is 14.3 Å². The van der Waals surface area contributed by atoms with Crippen LogP contribution in [0.4, 0.5) is 10.8 Å². The highest BCUT2D eigenvalue weighted by Crippen LogP contribution is 2.32. The van der Waals surface area contributed by atoms with Crippen molar-refractivity contribution in [2.75, 3.05) is 32.1 Å². The fourth-order valence-electron chi connectivity index (χ4n) is 2.98. The molecule has 3 rings (SSSR count). The maximum atomic E-state index is 13.3. The molecule has 2 amide bonds. The molecule has 0 aliphatic rings. The monoisotopic (exact) mass is 506 g/mol. The normalized spacial score (nSPS) is 10.6. The van der Waals surface area contributed by atoms with Gasteiger partial charge in [-0.25, -0.2) is 4.98 Å². The second kappa shape index (κ2) is 12.6. The molecule has 10 heteroatoms. The van der Waals surface area contributed by atoms with Crippen LogP contribution in [0.3, 0.4) is 0 Å². The van der Waals surface area contributed by atoms with E-state index in [1.165, 1.54) is 11.3 Å². The Morgan fingerprint density at radius 2 is 1.91 bits per heavy atom. The number of carbonyl (C=O) groups excluding carboxylic acids is 2. The van der Waals surface area contributed by atoms with E-state index in [4.69, 9.17) is 27.9 Å². The van der Waals surface area contributed by atoms with Gasteiger partial charge in [-0.2, -0.15) is 0 Å². The molecular weight excluding hydrogens is 483 g/mol. The van der Waals surface area contributed by atoms with Crippen molar-refractivity contribution in [3.8, 4) is 0 Å². The molecule has 0 unspecified atom stereocenters. The lowest BCUT2D eigenvalue weighted by molar-refractivity contribution is -0.121. The Labute approximate surface area is 206 Å². The van der Waals surface area contributed by atoms with E-state index in [0.29, 0.717) is 40.6 Å². The molecule has 1 heterocycles. The van der Waals surface area contributed by atoms with Crippen LogP contribution in [0.2, 0.25) is 10.0 Å². The van der Waals surface area contributed by atoms with Crippen molar-refractivity contribution in [1.82, 2.24) is 15.2 Å². The van der Waals surface area contributed by atoms with Crippen LogP contribution in [0, 0.1) is 0 Å². The minimum Gasteiger partial charge on any atom is -0.383 e. The van der Waals surface area contributed by atoms with Crippen LogP contribution in [0.5, 0.6) is 0 Å². The summed E-state index contributed by atoms with van der Waals surface area (Å²) < 4.78 is 4.94. The Balaban J connectivity index is 1.71. The van der Waals surface area contributed by atoms with Gasteiger partial charge in [0.15, 0.2) is 5.13 Å². The molecule has 0 fully saturated rings. The van der Waals surface area contributed by atoms with E-state index >= 15 is 0 Å². The van der Waals surface area contributed by atoms with E-state index in [-0.39, 0.29) is 30.5 Å². The van der Waals surface area contributed by atoms with E-state index in [0.717, 1.165) is 5.56 Å². The number of halogens is 2. The van der Waals surface area contributed by atoms with Crippen LogP contribution in [0.25, 0.3) is 0 Å². The summed E-state index contributed by atoms with van der Waals surface area (Å²) in [6.07, 6.45) is 0.176. The highest BCUT2D eigenvalue weighted by Gasteiger charge is 2.20. The van der Waals surface area contributed by atoms with Crippen LogP contribution < -0.4 is 10.6 Å². The predicted molar refractivity (Wildman–Crippen MR) is 133 cm³/mol. The number of methoxy groups -OCH3 is 1. The van der Waals surface area contributed by atoms with Gasteiger partial charge in [0.05, 0.1) is 22.3 Å². The Bertz CT molecular complexity index is 1080. The van der Waals surface area contributed by atoms with Crippen LogP contribution >= 0.6 is 34.5 Å². The molecule has 0 saturated heterocycles. The third kappa shape index (κ3) is 7.43. The van der Waals surface area contributed by atoms with Crippen molar-refractivity contribution in [3.05, 3.63) is 75.2 Å². The minimum atomic E-state index is -0.259. The standard InChI is InChI=1S/C23H24Cl2N4O3S/c1-32-13-11-26-20(30)10-12-29(14-16-6-3-2-4-7-16)22(31)19-15-33-23(28-19)27-18-9-5-8-17(24)21(18)25/h2-9,15H,10-14H2,1H3,(H,26,30)(H,27,28). The van der Waals surface area contributed by atoms with Crippen LogP contribution in [0.1, 0.15) is 22.5 Å². The van der Waals surface area contributed by atoms with Crippen LogP contribution in [0.15, 0.2) is 53.9 Å². The van der Waals surface area contributed by atoms with E-state index in [1.807, 2.05) is 30.3 Å². The highest BCUT2D eigenvalue weighted by molar-refractivity contribution is 7.14. The van der Waals surface area contributed by atoms with Gasteiger partial charge in [0.2, 0.25) is 5.91 Å². The van der Waals surface area contributed by atoms with Gasteiger partial charge in [0.1, 0.15) is 5.69 Å². The molecule has 0 atom stereocenters. The molecule has 174 valence electrons. The highest BCUT2D eigenvalue weighted by atomic mass is 35.5. The first-order chi connectivity index (χ1) is 16.0. The first kappa shape index (κ1) is 25.0. The summed E-state index contributed by atoms with van der Waals surface area (Å²) in [5.74, 6) is -0.404. The number of anilines is 2. The van der Waals surface area contributed by atoms with Crippen molar-refractivity contribution in [2.24, 2.45) is 0 Å². The summed E-state index contributed by atoms with van der Waals surface area (Å²) in [6, 6.07) is 14.9. The largest absolute Gasteiger partial charge is 0.383 e. The van der Waals surface area contributed by atoms with Crippen molar-refractivity contribution >= 4 is 57.2 Å². The van der Waals surface area contributed by atoms with Gasteiger partial charge in [-0.1, -0.05) is 59.6 Å². The van der Waals surface area contributed by atoms with Gasteiger partial charge in [0.25, 0.3) is 5.91 Å². The van der Waals surface area contributed by atoms with Crippen molar-refractivity contribution in [2.45, 2.75) is 13.0 Å². The zero-order valence-corrected chi connectivity index (χ0v) is 20.3. The Morgan fingerprint density at radius 1 is 1.12 bits per heavy atom. The van der Waals surface area contributed by atoms with Crippen LogP contribution in [-0.4, -0.2) is 48.5 Å². The van der Waals surface area contributed by atoms with E-state index < -0.39 is 0 Å². The predicted octanol–water partition coefficient (Wildman–Crippen LogP) is 4.99. The zero-order chi connectivity index (χ0) is 23.6. The van der Waals surface area contributed by atoms with E-state index in [9.17, 15) is 9.59 Å². The Morgan fingerprint density at radius 3 is 2.67 bits per heavy atom. The number of nitrogens with one attached hydrogen (secondary N) is 2. The average molecular weight is 507 g/mol. The number of amides is 2. The molecular formula is C23H24Cl2N4O3S. The van der Waals surface area contributed by atoms with E-state index in [1.54, 1.807) is 35.6 Å². The molecule has 2 N–H and O–H groups in total. The number of hydrogen-bond donors (Lipinski definition) is 2. The van der Waals surface area contributed by atoms with Gasteiger partial charge < -0.3 is 20.3 Å². The molecule has 0 saturated carbocycles. The molecule has 0 aliphatic heterocycles. The van der Waals surface area contributed by atoms with Gasteiger partial charge >= 0.3 is 0 Å². The lowest BCUT2D eigenvalue weighted by atomic mass is 10.2. The smallest absolute Gasteiger partial charge is 0.273 e. The van der Waals surface area contributed by atoms with Crippen molar-refractivity contribution in [1.29, 1.82) is 0 Å². The molecule has 0 aliphatic carbocycles. The first-order valence-corrected chi connectivity index (χ1v) is 11.9. The number of benzene rings is 2. The topological polar surface area (TPSA) is 83.6 Å². The lowest BCUT2D eigenvalue weighted by Crippen LogP contribution is -2.35. The molecule has 0 radical (unpaired) electrons. The quantitative estimate of drug-likeness (QED) is 0.358. The van der Waals surface area contributed by atoms with Gasteiger partial charge in [-0.05, 0) is 17.7 Å². The molecule has 1 aromatic heterocycles. The fraction of sp³-hybridized carbons (Fsp3) is 0.261. The summed E-state index contributed by atoms with van der Waals surface area (Å²) in [4.78, 5) is 31.4. The van der Waals surface area contributed by atoms with Gasteiger partial charge in [-0.15, -0.1) is 11.3 Å². The molecule has 0 bridgehead atoms. The lowest BCUT2D eigenvalue weighted by Gasteiger charge is -2.22. The third-order valence-electron chi connectivity index (χ3n) is 4.66. The zero-order valence-electron chi connectivity index (χ0n) is 18.0. The summed E-state index contributed by atoms with van der Waals surface area (Å²) >= 11 is 13.6. The maximum Gasteiger partial charge on any atom is 0.273 e. The number of hydrogen-bond acceptors (Lipinski definition) is 6. The number of carbonyl (C=O) groups is 2. The fourth-order valence-corrected chi connectivity index (χ4v) is 4.03. The SMILES string of the molecule is COCCNC(=O)CCN(Cc1ccccc1)C(=O)c1csc(Nc2cccc(Cl)c2Cl)n1. The summed E-state index contributed by atoms with van der Waals surface area (Å²) in [6.45, 7) is 1.48. The maximum absolute atomic E-state index is 13.3. The van der Waals surface area contributed by atoms with Crippen LogP contribution in [-0.2, 0) is 16.1 Å². The number of aromatic nitrogens is 1. The second-order valence-electron chi connectivity index (χ2n) is 7.07. The summed E-state index contributed by atoms with van der Waals surface area (Å²) in [5.41, 5.74) is 1.85. The second-order valence-corrected chi connectivity index (χ2v) is 8.71. The number of thiazole rings is 1. The molecule has 7 nitrogen and oxygen atoms in total. The number of rotatable bonds is 11. The molecule has 2 aromatic carbocycles. The first-order valence-electron chi connectivity index (χ1n) is 10.2. The van der Waals surface area contributed by atoms with Gasteiger partial charge in [0, 0.05) is 38.5 Å².